The van der Waals surface area contributed by atoms with Crippen molar-refractivity contribution in [3.8, 4) is 0 Å². The molecule has 1 aliphatic rings. The average molecular weight is 278 g/mol. The van der Waals surface area contributed by atoms with E-state index in [0.29, 0.717) is 17.5 Å². The first kappa shape index (κ1) is 15.5. The van der Waals surface area contributed by atoms with Crippen LogP contribution in [0, 0.1) is 5.41 Å². The predicted molar refractivity (Wildman–Crippen MR) is 83.2 cm³/mol. The second-order valence-corrected chi connectivity index (χ2v) is 6.54. The molecule has 3 N–H and O–H groups in total. The van der Waals surface area contributed by atoms with Crippen LogP contribution in [-0.4, -0.2) is 15.8 Å². The van der Waals surface area contributed by atoms with Crippen molar-refractivity contribution in [1.82, 2.24) is 15.2 Å². The highest BCUT2D eigenvalue weighted by Gasteiger charge is 2.36. The van der Waals surface area contributed by atoms with E-state index in [4.69, 9.17) is 10.9 Å². The highest BCUT2D eigenvalue weighted by molar-refractivity contribution is 5.05. The van der Waals surface area contributed by atoms with E-state index in [1.54, 1.807) is 0 Å². The van der Waals surface area contributed by atoms with Crippen LogP contribution >= 0.6 is 0 Å². The molecule has 0 amide bonds. The number of hydrazine groups is 1. The Balaban J connectivity index is 2.04. The van der Waals surface area contributed by atoms with Crippen LogP contribution < -0.4 is 11.3 Å². The van der Waals surface area contributed by atoms with E-state index >= 15 is 0 Å². The zero-order chi connectivity index (χ0) is 14.6. The maximum Gasteiger partial charge on any atom is 0.0640 e. The molecule has 1 aromatic heterocycles. The maximum absolute atomic E-state index is 5.82. The maximum atomic E-state index is 5.82. The fraction of sp³-hybridized carbons (Fsp3) is 0.812. The number of hydrogen-bond donors (Lipinski definition) is 2. The summed E-state index contributed by atoms with van der Waals surface area (Å²) in [5.41, 5.74) is 4.54. The second-order valence-electron chi connectivity index (χ2n) is 6.54. The third-order valence-electron chi connectivity index (χ3n) is 5.18. The van der Waals surface area contributed by atoms with Crippen LogP contribution in [0.15, 0.2) is 12.3 Å². The molecule has 1 atom stereocenters. The van der Waals surface area contributed by atoms with Crippen LogP contribution in [0.1, 0.15) is 71.0 Å². The predicted octanol–water partition coefficient (Wildman–Crippen LogP) is 3.20. The monoisotopic (exact) mass is 278 g/mol. The summed E-state index contributed by atoms with van der Waals surface area (Å²) < 4.78 is 2.12. The van der Waals surface area contributed by atoms with Crippen LogP contribution in [-0.2, 0) is 6.42 Å². The van der Waals surface area contributed by atoms with Crippen molar-refractivity contribution in [3.05, 3.63) is 18.0 Å². The Morgan fingerprint density at radius 3 is 2.55 bits per heavy atom. The molecule has 0 aliphatic heterocycles. The molecule has 0 aromatic carbocycles. The van der Waals surface area contributed by atoms with Gasteiger partial charge in [0.15, 0.2) is 0 Å². The summed E-state index contributed by atoms with van der Waals surface area (Å²) in [5, 5.41) is 4.76. The Morgan fingerprint density at radius 1 is 1.35 bits per heavy atom. The minimum absolute atomic E-state index is 0.327. The van der Waals surface area contributed by atoms with Crippen LogP contribution in [0.5, 0.6) is 0 Å². The molecule has 1 saturated carbocycles. The lowest BCUT2D eigenvalue weighted by molar-refractivity contribution is 0.219. The Morgan fingerprint density at radius 2 is 2.00 bits per heavy atom. The molecule has 1 fully saturated rings. The van der Waals surface area contributed by atoms with Crippen LogP contribution in [0.25, 0.3) is 0 Å². The lowest BCUT2D eigenvalue weighted by atomic mass is 9.79. The largest absolute Gasteiger partial charge is 0.271 e. The van der Waals surface area contributed by atoms with Gasteiger partial charge in [-0.25, -0.2) is 0 Å². The fourth-order valence-corrected chi connectivity index (χ4v) is 3.60. The van der Waals surface area contributed by atoms with Crippen molar-refractivity contribution < 1.29 is 0 Å². The van der Waals surface area contributed by atoms with E-state index in [1.807, 2.05) is 0 Å². The molecule has 2 rings (SSSR count). The molecule has 1 heterocycles. The summed E-state index contributed by atoms with van der Waals surface area (Å²) in [5.74, 6) is 5.82. The van der Waals surface area contributed by atoms with Crippen LogP contribution in [0.3, 0.4) is 0 Å². The smallest absolute Gasteiger partial charge is 0.0640 e. The molecule has 0 bridgehead atoms. The molecule has 1 aliphatic carbocycles. The summed E-state index contributed by atoms with van der Waals surface area (Å²) in [4.78, 5) is 0. The van der Waals surface area contributed by atoms with Gasteiger partial charge >= 0.3 is 0 Å². The molecule has 4 nitrogen and oxygen atoms in total. The van der Waals surface area contributed by atoms with Crippen molar-refractivity contribution in [3.63, 3.8) is 0 Å². The first-order valence-corrected chi connectivity index (χ1v) is 8.13. The van der Waals surface area contributed by atoms with Gasteiger partial charge in [0.1, 0.15) is 0 Å². The normalized spacial score (nSPS) is 19.6. The van der Waals surface area contributed by atoms with Gasteiger partial charge < -0.3 is 0 Å². The number of nitrogens with one attached hydrogen (secondary N) is 1. The molecule has 4 heteroatoms. The van der Waals surface area contributed by atoms with E-state index in [2.05, 4.69) is 43.1 Å². The Bertz CT molecular complexity index is 402. The van der Waals surface area contributed by atoms with Gasteiger partial charge in [-0.15, -0.1) is 0 Å². The summed E-state index contributed by atoms with van der Waals surface area (Å²) >= 11 is 0. The summed E-state index contributed by atoms with van der Waals surface area (Å²) in [6.07, 6.45) is 10.5. The van der Waals surface area contributed by atoms with Gasteiger partial charge in [-0.3, -0.25) is 16.0 Å². The van der Waals surface area contributed by atoms with Gasteiger partial charge in [-0.1, -0.05) is 33.6 Å². The van der Waals surface area contributed by atoms with Crippen molar-refractivity contribution in [1.29, 1.82) is 0 Å². The molecule has 0 saturated heterocycles. The highest BCUT2D eigenvalue weighted by atomic mass is 15.3. The van der Waals surface area contributed by atoms with E-state index in [1.165, 1.54) is 25.7 Å². The molecular weight excluding hydrogens is 248 g/mol. The van der Waals surface area contributed by atoms with Gasteiger partial charge in [0, 0.05) is 18.7 Å². The molecular formula is C16H30N4. The first-order chi connectivity index (χ1) is 9.62. The molecule has 114 valence electrons. The van der Waals surface area contributed by atoms with Crippen molar-refractivity contribution in [2.75, 3.05) is 0 Å². The highest BCUT2D eigenvalue weighted by Crippen LogP contribution is 2.41. The molecule has 0 spiro atoms. The minimum Gasteiger partial charge on any atom is -0.271 e. The van der Waals surface area contributed by atoms with Crippen molar-refractivity contribution >= 4 is 0 Å². The summed E-state index contributed by atoms with van der Waals surface area (Å²) in [6, 6.07) is 3.01. The van der Waals surface area contributed by atoms with Gasteiger partial charge in [0.2, 0.25) is 0 Å². The quantitative estimate of drug-likeness (QED) is 0.595. The van der Waals surface area contributed by atoms with Gasteiger partial charge in [0.25, 0.3) is 0 Å². The van der Waals surface area contributed by atoms with Crippen LogP contribution in [0.2, 0.25) is 0 Å². The number of aromatic nitrogens is 2. The van der Waals surface area contributed by atoms with Crippen LogP contribution in [0.4, 0.5) is 0 Å². The minimum atomic E-state index is 0.327. The lowest BCUT2D eigenvalue weighted by Crippen LogP contribution is -2.47. The first-order valence-electron chi connectivity index (χ1n) is 8.13. The molecule has 1 aromatic rings. The van der Waals surface area contributed by atoms with E-state index in [0.717, 1.165) is 25.0 Å². The second kappa shape index (κ2) is 6.72. The number of nitrogens with two attached hydrogens (primary N) is 1. The zero-order valence-corrected chi connectivity index (χ0v) is 13.2. The Hall–Kier alpha value is -0.870. The number of rotatable bonds is 7. The molecule has 1 unspecified atom stereocenters. The summed E-state index contributed by atoms with van der Waals surface area (Å²) in [7, 11) is 0. The standard InChI is InChI=1S/C16H30N4/c1-4-14(5-2)20-11-8-13(19-20)12-15(18-17)16(3)9-6-7-10-16/h8,11,14-15,18H,4-7,9-10,12,17H2,1-3H3. The zero-order valence-electron chi connectivity index (χ0n) is 13.2. The fourth-order valence-electron chi connectivity index (χ4n) is 3.60. The third kappa shape index (κ3) is 3.23. The molecule has 0 radical (unpaired) electrons. The van der Waals surface area contributed by atoms with Gasteiger partial charge in [-0.2, -0.15) is 5.10 Å². The van der Waals surface area contributed by atoms with E-state index in [9.17, 15) is 0 Å². The molecule has 20 heavy (non-hydrogen) atoms. The number of nitrogens with zero attached hydrogens (tertiary/aromatic N) is 2. The third-order valence-corrected chi connectivity index (χ3v) is 5.18. The van der Waals surface area contributed by atoms with E-state index < -0.39 is 0 Å². The Labute approximate surface area is 123 Å². The summed E-state index contributed by atoms with van der Waals surface area (Å²) in [6.45, 7) is 6.81. The van der Waals surface area contributed by atoms with Gasteiger partial charge in [0.05, 0.1) is 11.7 Å². The average Bonchev–Trinajstić information content (AvgIpc) is 3.08. The van der Waals surface area contributed by atoms with E-state index in [-0.39, 0.29) is 0 Å². The van der Waals surface area contributed by atoms with Gasteiger partial charge in [-0.05, 0) is 37.2 Å². The lowest BCUT2D eigenvalue weighted by Gasteiger charge is -2.33. The Kier molecular flexibility index (Phi) is 5.22. The van der Waals surface area contributed by atoms with Crippen molar-refractivity contribution in [2.45, 2.75) is 77.8 Å². The topological polar surface area (TPSA) is 55.9 Å². The SMILES string of the molecule is CCC(CC)n1ccc(CC(NN)C2(C)CCCC2)n1. The number of hydrogen-bond acceptors (Lipinski definition) is 3. The van der Waals surface area contributed by atoms with Crippen molar-refractivity contribution in [2.24, 2.45) is 11.3 Å².